The van der Waals surface area contributed by atoms with Gasteiger partial charge in [-0.25, -0.2) is 4.98 Å². The highest BCUT2D eigenvalue weighted by Crippen LogP contribution is 2.34. The van der Waals surface area contributed by atoms with Gasteiger partial charge in [-0.05, 0) is 55.4 Å². The van der Waals surface area contributed by atoms with Crippen molar-refractivity contribution in [2.75, 3.05) is 18.0 Å². The highest BCUT2D eigenvalue weighted by molar-refractivity contribution is 6.08. The Morgan fingerprint density at radius 3 is 2.76 bits per heavy atom. The van der Waals surface area contributed by atoms with Gasteiger partial charge in [0.25, 0.3) is 0 Å². The van der Waals surface area contributed by atoms with Crippen LogP contribution in [0.4, 0.5) is 5.82 Å². The van der Waals surface area contributed by atoms with E-state index in [1.54, 1.807) is 18.3 Å². The standard InChI is InChI=1S/C21H27N3O.H2/c1-15-17(9-6-12-22-15)20(25)18-10-5-11-19(23-18)24-13-7-8-16(14-24)21(2,3)4;/h5-6,9-12,16H,7-8,13-14H2,1-4H3;1H/t16-;/m1./s1. The van der Waals surface area contributed by atoms with E-state index in [0.29, 0.717) is 22.6 Å². The molecule has 3 heterocycles. The largest absolute Gasteiger partial charge is 0.356 e. The minimum absolute atomic E-state index is 0. The zero-order chi connectivity index (χ0) is 18.0. The molecule has 0 aromatic carbocycles. The van der Waals surface area contributed by atoms with Gasteiger partial charge >= 0.3 is 0 Å². The van der Waals surface area contributed by atoms with Crippen LogP contribution < -0.4 is 4.90 Å². The topological polar surface area (TPSA) is 46.1 Å². The summed E-state index contributed by atoms with van der Waals surface area (Å²) in [5, 5.41) is 0. The molecule has 0 amide bonds. The monoisotopic (exact) mass is 339 g/mol. The maximum Gasteiger partial charge on any atom is 0.213 e. The summed E-state index contributed by atoms with van der Waals surface area (Å²) in [7, 11) is 0. The number of hydrogen-bond donors (Lipinski definition) is 0. The average Bonchev–Trinajstić information content (AvgIpc) is 2.61. The van der Waals surface area contributed by atoms with Crippen molar-refractivity contribution in [3.63, 3.8) is 0 Å². The lowest BCUT2D eigenvalue weighted by Crippen LogP contribution is -2.41. The highest BCUT2D eigenvalue weighted by Gasteiger charge is 2.30. The first-order chi connectivity index (χ1) is 11.9. The predicted molar refractivity (Wildman–Crippen MR) is 103 cm³/mol. The number of ketones is 1. The van der Waals surface area contributed by atoms with Gasteiger partial charge in [-0.1, -0.05) is 26.8 Å². The number of pyridine rings is 2. The zero-order valence-corrected chi connectivity index (χ0v) is 15.6. The maximum atomic E-state index is 12.8. The van der Waals surface area contributed by atoms with Crippen molar-refractivity contribution >= 4 is 11.6 Å². The third kappa shape index (κ3) is 3.89. The maximum absolute atomic E-state index is 12.8. The van der Waals surface area contributed by atoms with Gasteiger partial charge in [0.1, 0.15) is 11.5 Å². The summed E-state index contributed by atoms with van der Waals surface area (Å²) < 4.78 is 0. The molecule has 0 spiro atoms. The van der Waals surface area contributed by atoms with Crippen molar-refractivity contribution in [1.82, 2.24) is 9.97 Å². The average molecular weight is 339 g/mol. The Kier molecular flexibility index (Phi) is 4.89. The summed E-state index contributed by atoms with van der Waals surface area (Å²) >= 11 is 0. The molecule has 4 nitrogen and oxygen atoms in total. The van der Waals surface area contributed by atoms with Crippen molar-refractivity contribution in [3.8, 4) is 0 Å². The van der Waals surface area contributed by atoms with Crippen LogP contribution in [-0.4, -0.2) is 28.8 Å². The lowest BCUT2D eigenvalue weighted by molar-refractivity contribution is 0.103. The van der Waals surface area contributed by atoms with Crippen molar-refractivity contribution < 1.29 is 6.22 Å². The van der Waals surface area contributed by atoms with Gasteiger partial charge in [-0.2, -0.15) is 0 Å². The fourth-order valence-electron chi connectivity index (χ4n) is 3.48. The second-order valence-corrected chi connectivity index (χ2v) is 8.00. The molecule has 0 unspecified atom stereocenters. The van der Waals surface area contributed by atoms with Gasteiger partial charge in [0.15, 0.2) is 0 Å². The smallest absolute Gasteiger partial charge is 0.213 e. The van der Waals surface area contributed by atoms with E-state index in [0.717, 1.165) is 24.6 Å². The predicted octanol–water partition coefficient (Wildman–Crippen LogP) is 4.52. The molecule has 3 rings (SSSR count). The second kappa shape index (κ2) is 6.95. The van der Waals surface area contributed by atoms with E-state index in [1.807, 2.05) is 25.1 Å². The molecule has 0 radical (unpaired) electrons. The van der Waals surface area contributed by atoms with E-state index in [4.69, 9.17) is 0 Å². The summed E-state index contributed by atoms with van der Waals surface area (Å²) in [6.45, 7) is 10.8. The minimum atomic E-state index is -0.0585. The van der Waals surface area contributed by atoms with Crippen LogP contribution in [0, 0.1) is 18.3 Å². The normalized spacial score (nSPS) is 18.2. The third-order valence-electron chi connectivity index (χ3n) is 5.19. The van der Waals surface area contributed by atoms with Crippen molar-refractivity contribution in [3.05, 3.63) is 53.5 Å². The lowest BCUT2D eigenvalue weighted by Gasteiger charge is -2.40. The van der Waals surface area contributed by atoms with Crippen LogP contribution in [0.25, 0.3) is 0 Å². The van der Waals surface area contributed by atoms with Crippen LogP contribution in [-0.2, 0) is 0 Å². The molecule has 2 aromatic heterocycles. The lowest BCUT2D eigenvalue weighted by atomic mass is 9.76. The van der Waals surface area contributed by atoms with E-state index in [-0.39, 0.29) is 7.21 Å². The fraction of sp³-hybridized carbons (Fsp3) is 0.476. The van der Waals surface area contributed by atoms with Gasteiger partial charge in [0.05, 0.1) is 0 Å². The molecular formula is C21H29N3O. The highest BCUT2D eigenvalue weighted by atomic mass is 16.1. The van der Waals surface area contributed by atoms with Gasteiger partial charge in [0, 0.05) is 32.0 Å². The molecule has 0 N–H and O–H groups in total. The molecule has 2 aromatic rings. The number of hydrogen-bond acceptors (Lipinski definition) is 4. The third-order valence-corrected chi connectivity index (χ3v) is 5.19. The van der Waals surface area contributed by atoms with Crippen molar-refractivity contribution in [2.24, 2.45) is 11.3 Å². The second-order valence-electron chi connectivity index (χ2n) is 8.00. The molecule has 0 aliphatic carbocycles. The number of piperidine rings is 1. The van der Waals surface area contributed by atoms with Gasteiger partial charge < -0.3 is 4.90 Å². The molecule has 25 heavy (non-hydrogen) atoms. The quantitative estimate of drug-likeness (QED) is 0.771. The first-order valence-corrected chi connectivity index (χ1v) is 9.04. The van der Waals surface area contributed by atoms with Crippen molar-refractivity contribution in [1.29, 1.82) is 0 Å². The summed E-state index contributed by atoms with van der Waals surface area (Å²) in [5.74, 6) is 1.49. The van der Waals surface area contributed by atoms with Gasteiger partial charge in [-0.15, -0.1) is 0 Å². The Balaban J connectivity index is 0.00000243. The van der Waals surface area contributed by atoms with E-state index >= 15 is 0 Å². The number of nitrogens with zero attached hydrogens (tertiary/aromatic N) is 3. The van der Waals surface area contributed by atoms with E-state index in [2.05, 4.69) is 35.6 Å². The van der Waals surface area contributed by atoms with Crippen LogP contribution in [0.15, 0.2) is 36.5 Å². The number of carbonyl (C=O) groups is 1. The zero-order valence-electron chi connectivity index (χ0n) is 15.6. The fourth-order valence-corrected chi connectivity index (χ4v) is 3.48. The first kappa shape index (κ1) is 17.6. The Morgan fingerprint density at radius 1 is 1.24 bits per heavy atom. The summed E-state index contributed by atoms with van der Waals surface area (Å²) in [4.78, 5) is 24.0. The van der Waals surface area contributed by atoms with E-state index in [1.165, 1.54) is 12.8 Å². The molecular weight excluding hydrogens is 310 g/mol. The van der Waals surface area contributed by atoms with Crippen LogP contribution >= 0.6 is 0 Å². The Bertz CT molecular complexity index is 770. The van der Waals surface area contributed by atoms with Crippen LogP contribution in [0.3, 0.4) is 0 Å². The number of aryl methyl sites for hydroxylation is 1. The van der Waals surface area contributed by atoms with Crippen LogP contribution in [0.1, 0.15) is 56.8 Å². The van der Waals surface area contributed by atoms with Gasteiger partial charge in [-0.3, -0.25) is 9.78 Å². The minimum Gasteiger partial charge on any atom is -0.356 e. The number of rotatable bonds is 3. The van der Waals surface area contributed by atoms with E-state index in [9.17, 15) is 4.79 Å². The SMILES string of the molecule is Cc1ncccc1C(=O)c1cccc(N2CCC[C@@H](C(C)(C)C)C2)n1.[HH]. The Hall–Kier alpha value is -2.23. The molecule has 1 fully saturated rings. The first-order valence-electron chi connectivity index (χ1n) is 9.04. The van der Waals surface area contributed by atoms with Crippen LogP contribution in [0.2, 0.25) is 0 Å². The summed E-state index contributed by atoms with van der Waals surface area (Å²) in [6, 6.07) is 9.35. The van der Waals surface area contributed by atoms with E-state index < -0.39 is 0 Å². The molecule has 1 aliphatic heterocycles. The number of carbonyl (C=O) groups excluding carboxylic acids is 1. The molecule has 0 saturated carbocycles. The van der Waals surface area contributed by atoms with Crippen molar-refractivity contribution in [2.45, 2.75) is 40.5 Å². The molecule has 134 valence electrons. The summed E-state index contributed by atoms with van der Waals surface area (Å²) in [6.07, 6.45) is 4.13. The molecule has 1 aliphatic rings. The molecule has 4 heteroatoms. The summed E-state index contributed by atoms with van der Waals surface area (Å²) in [5.41, 5.74) is 2.15. The van der Waals surface area contributed by atoms with Crippen LogP contribution in [0.5, 0.6) is 0 Å². The molecule has 1 atom stereocenters. The molecule has 0 bridgehead atoms. The molecule has 1 saturated heterocycles. The van der Waals surface area contributed by atoms with Gasteiger partial charge in [0.2, 0.25) is 5.78 Å². The Labute approximate surface area is 151 Å². The Morgan fingerprint density at radius 2 is 2.04 bits per heavy atom. The number of anilines is 1. The number of aromatic nitrogens is 2.